The van der Waals surface area contributed by atoms with Gasteiger partial charge in [-0.3, -0.25) is 0 Å². The molecule has 2 aromatic heterocycles. The van der Waals surface area contributed by atoms with Gasteiger partial charge in [-0.05, 0) is 38.1 Å². The van der Waals surface area contributed by atoms with Gasteiger partial charge in [-0.25, -0.2) is 9.37 Å². The molecule has 0 radical (unpaired) electrons. The summed E-state index contributed by atoms with van der Waals surface area (Å²) in [7, 11) is 0. The Bertz CT molecular complexity index is 833. The molecule has 0 fully saturated rings. The zero-order valence-electron chi connectivity index (χ0n) is 14.1. The van der Waals surface area contributed by atoms with E-state index in [9.17, 15) is 9.50 Å². The van der Waals surface area contributed by atoms with Crippen LogP contribution >= 0.6 is 0 Å². The van der Waals surface area contributed by atoms with Gasteiger partial charge in [0.15, 0.2) is 0 Å². The molecule has 0 unspecified atom stereocenters. The highest BCUT2D eigenvalue weighted by molar-refractivity contribution is 5.60. The third-order valence-corrected chi connectivity index (χ3v) is 3.79. The molecular formula is C18H19FN4O2. The number of aromatic nitrogens is 3. The van der Waals surface area contributed by atoms with Gasteiger partial charge in [0.05, 0.1) is 17.7 Å². The van der Waals surface area contributed by atoms with Crippen LogP contribution in [-0.2, 0) is 0 Å². The zero-order valence-corrected chi connectivity index (χ0v) is 14.1. The SMILES string of the molecule is CC(C)N(CCO)c1ccc(-c2nc(-c3ccccc3F)no2)cn1. The monoisotopic (exact) mass is 342 g/mol. The van der Waals surface area contributed by atoms with Gasteiger partial charge >= 0.3 is 0 Å². The molecule has 0 saturated heterocycles. The highest BCUT2D eigenvalue weighted by Gasteiger charge is 2.15. The summed E-state index contributed by atoms with van der Waals surface area (Å²) in [6, 6.07) is 10.1. The van der Waals surface area contributed by atoms with Crippen LogP contribution < -0.4 is 4.90 Å². The van der Waals surface area contributed by atoms with Crippen molar-refractivity contribution in [3.8, 4) is 22.8 Å². The molecule has 7 heteroatoms. The van der Waals surface area contributed by atoms with E-state index in [0.29, 0.717) is 12.1 Å². The van der Waals surface area contributed by atoms with Crippen LogP contribution in [0.2, 0.25) is 0 Å². The Morgan fingerprint density at radius 2 is 2.00 bits per heavy atom. The first-order valence-electron chi connectivity index (χ1n) is 8.02. The van der Waals surface area contributed by atoms with Crippen molar-refractivity contribution in [1.82, 2.24) is 15.1 Å². The van der Waals surface area contributed by atoms with Crippen LogP contribution in [-0.4, -0.2) is 39.4 Å². The van der Waals surface area contributed by atoms with Gasteiger partial charge in [-0.15, -0.1) is 0 Å². The molecule has 1 N–H and O–H groups in total. The minimum absolute atomic E-state index is 0.0528. The molecule has 0 aliphatic heterocycles. The molecule has 25 heavy (non-hydrogen) atoms. The Hall–Kier alpha value is -2.80. The fourth-order valence-electron chi connectivity index (χ4n) is 2.52. The van der Waals surface area contributed by atoms with E-state index in [1.807, 2.05) is 30.9 Å². The van der Waals surface area contributed by atoms with Crippen LogP contribution in [0.5, 0.6) is 0 Å². The minimum Gasteiger partial charge on any atom is -0.395 e. The van der Waals surface area contributed by atoms with Crippen LogP contribution in [0.25, 0.3) is 22.8 Å². The first-order chi connectivity index (χ1) is 12.1. The number of hydrogen-bond acceptors (Lipinski definition) is 6. The predicted molar refractivity (Wildman–Crippen MR) is 92.5 cm³/mol. The molecule has 0 spiro atoms. The maximum Gasteiger partial charge on any atom is 0.259 e. The van der Waals surface area contributed by atoms with E-state index in [-0.39, 0.29) is 29.9 Å². The highest BCUT2D eigenvalue weighted by atomic mass is 19.1. The number of nitrogens with zero attached hydrogens (tertiary/aromatic N) is 4. The number of benzene rings is 1. The highest BCUT2D eigenvalue weighted by Crippen LogP contribution is 2.25. The average molecular weight is 342 g/mol. The summed E-state index contributed by atoms with van der Waals surface area (Å²) in [6.45, 7) is 4.62. The normalized spacial score (nSPS) is 11.1. The number of hydrogen-bond donors (Lipinski definition) is 1. The van der Waals surface area contributed by atoms with Gasteiger partial charge in [-0.2, -0.15) is 4.98 Å². The number of pyridine rings is 1. The summed E-state index contributed by atoms with van der Waals surface area (Å²) in [6.07, 6.45) is 1.63. The summed E-state index contributed by atoms with van der Waals surface area (Å²) in [5, 5.41) is 13.0. The number of anilines is 1. The Morgan fingerprint density at radius 1 is 1.20 bits per heavy atom. The summed E-state index contributed by atoms with van der Waals surface area (Å²) >= 11 is 0. The lowest BCUT2D eigenvalue weighted by Crippen LogP contribution is -2.34. The van der Waals surface area contributed by atoms with E-state index >= 15 is 0 Å². The summed E-state index contributed by atoms with van der Waals surface area (Å²) in [4.78, 5) is 10.6. The van der Waals surface area contributed by atoms with E-state index in [4.69, 9.17) is 4.52 Å². The second-order valence-corrected chi connectivity index (χ2v) is 5.82. The molecule has 130 valence electrons. The van der Waals surface area contributed by atoms with E-state index in [1.54, 1.807) is 24.4 Å². The van der Waals surface area contributed by atoms with Crippen molar-refractivity contribution in [3.63, 3.8) is 0 Å². The van der Waals surface area contributed by atoms with E-state index < -0.39 is 5.82 Å². The molecule has 3 aromatic rings. The lowest BCUT2D eigenvalue weighted by atomic mass is 10.2. The Morgan fingerprint density at radius 3 is 2.64 bits per heavy atom. The van der Waals surface area contributed by atoms with Gasteiger partial charge in [0, 0.05) is 18.8 Å². The van der Waals surface area contributed by atoms with E-state index in [1.165, 1.54) is 6.07 Å². The van der Waals surface area contributed by atoms with Crippen molar-refractivity contribution in [2.45, 2.75) is 19.9 Å². The molecule has 1 aromatic carbocycles. The van der Waals surface area contributed by atoms with Crippen molar-refractivity contribution >= 4 is 5.82 Å². The molecule has 3 rings (SSSR count). The molecule has 0 bridgehead atoms. The first kappa shape index (κ1) is 17.0. The smallest absolute Gasteiger partial charge is 0.259 e. The van der Waals surface area contributed by atoms with Crippen LogP contribution in [0.1, 0.15) is 13.8 Å². The Kier molecular flexibility index (Phi) is 5.04. The molecular weight excluding hydrogens is 323 g/mol. The molecule has 0 saturated carbocycles. The van der Waals surface area contributed by atoms with Crippen LogP contribution in [0.15, 0.2) is 47.1 Å². The third-order valence-electron chi connectivity index (χ3n) is 3.79. The molecule has 2 heterocycles. The van der Waals surface area contributed by atoms with Crippen molar-refractivity contribution in [3.05, 3.63) is 48.4 Å². The molecule has 0 atom stereocenters. The van der Waals surface area contributed by atoms with Gasteiger partial charge in [0.2, 0.25) is 5.82 Å². The largest absolute Gasteiger partial charge is 0.395 e. The maximum atomic E-state index is 13.8. The van der Waals surface area contributed by atoms with Crippen LogP contribution in [0.4, 0.5) is 10.2 Å². The lowest BCUT2D eigenvalue weighted by Gasteiger charge is -2.26. The number of aliphatic hydroxyl groups is 1. The van der Waals surface area contributed by atoms with Gasteiger partial charge in [0.1, 0.15) is 11.6 Å². The third kappa shape index (κ3) is 3.66. The van der Waals surface area contributed by atoms with Crippen molar-refractivity contribution < 1.29 is 14.0 Å². The van der Waals surface area contributed by atoms with Crippen molar-refractivity contribution in [1.29, 1.82) is 0 Å². The second-order valence-electron chi connectivity index (χ2n) is 5.82. The Balaban J connectivity index is 1.85. The fourth-order valence-corrected chi connectivity index (χ4v) is 2.52. The van der Waals surface area contributed by atoms with Crippen LogP contribution in [0, 0.1) is 5.82 Å². The molecule has 0 aliphatic rings. The average Bonchev–Trinajstić information content (AvgIpc) is 3.10. The van der Waals surface area contributed by atoms with Gasteiger partial charge < -0.3 is 14.5 Å². The summed E-state index contributed by atoms with van der Waals surface area (Å²) < 4.78 is 19.1. The standard InChI is InChI=1S/C18H19FN4O2/c1-12(2)23(9-10-24)16-8-7-13(11-20-16)18-21-17(22-25-18)14-5-3-4-6-15(14)19/h3-8,11-12,24H,9-10H2,1-2H3. The second kappa shape index (κ2) is 7.40. The minimum atomic E-state index is -0.403. The maximum absolute atomic E-state index is 13.8. The van der Waals surface area contributed by atoms with Gasteiger partial charge in [-0.1, -0.05) is 17.3 Å². The number of rotatable bonds is 6. The number of aliphatic hydroxyl groups excluding tert-OH is 1. The number of halogens is 1. The van der Waals surface area contributed by atoms with Gasteiger partial charge in [0.25, 0.3) is 5.89 Å². The van der Waals surface area contributed by atoms with Crippen molar-refractivity contribution in [2.75, 3.05) is 18.1 Å². The lowest BCUT2D eigenvalue weighted by molar-refractivity contribution is 0.298. The molecule has 6 nitrogen and oxygen atoms in total. The van der Waals surface area contributed by atoms with E-state index in [0.717, 1.165) is 5.82 Å². The van der Waals surface area contributed by atoms with Crippen LogP contribution in [0.3, 0.4) is 0 Å². The van der Waals surface area contributed by atoms with E-state index in [2.05, 4.69) is 15.1 Å². The quantitative estimate of drug-likeness (QED) is 0.742. The predicted octanol–water partition coefficient (Wildman–Crippen LogP) is 3.14. The van der Waals surface area contributed by atoms with Crippen molar-refractivity contribution in [2.24, 2.45) is 0 Å². The molecule has 0 amide bonds. The fraction of sp³-hybridized carbons (Fsp3) is 0.278. The summed E-state index contributed by atoms with van der Waals surface area (Å²) in [5.41, 5.74) is 0.933. The topological polar surface area (TPSA) is 75.3 Å². The first-order valence-corrected chi connectivity index (χ1v) is 8.02. The Labute approximate surface area is 144 Å². The molecule has 0 aliphatic carbocycles. The summed E-state index contributed by atoms with van der Waals surface area (Å²) in [5.74, 6) is 0.818. The zero-order chi connectivity index (χ0) is 17.8.